The summed E-state index contributed by atoms with van der Waals surface area (Å²) in [4.78, 5) is 16.2. The normalized spacial score (nSPS) is 11.4. The average Bonchev–Trinajstić information content (AvgIpc) is 3.02. The van der Waals surface area contributed by atoms with E-state index in [-0.39, 0.29) is 17.3 Å². The van der Waals surface area contributed by atoms with Gasteiger partial charge in [0.1, 0.15) is 10.7 Å². The van der Waals surface area contributed by atoms with Gasteiger partial charge in [-0.15, -0.1) is 11.3 Å². The zero-order chi connectivity index (χ0) is 16.9. The van der Waals surface area contributed by atoms with Gasteiger partial charge >= 0.3 is 0 Å². The Bertz CT molecular complexity index is 770. The summed E-state index contributed by atoms with van der Waals surface area (Å²) in [6.45, 7) is 2.64. The van der Waals surface area contributed by atoms with Crippen molar-refractivity contribution in [3.05, 3.63) is 45.9 Å². The first-order valence-corrected chi connectivity index (χ1v) is 9.34. The largest absolute Gasteiger partial charge is 0.347 e. The Hall–Kier alpha value is -1.81. The number of amides is 1. The van der Waals surface area contributed by atoms with Crippen molar-refractivity contribution >= 4 is 27.3 Å². The molecule has 0 atom stereocenters. The van der Waals surface area contributed by atoms with Gasteiger partial charge in [0.25, 0.3) is 5.91 Å². The van der Waals surface area contributed by atoms with Crippen molar-refractivity contribution in [2.45, 2.75) is 24.9 Å². The molecule has 4 N–H and O–H groups in total. The Morgan fingerprint density at radius 1 is 1.30 bits per heavy atom. The van der Waals surface area contributed by atoms with E-state index in [9.17, 15) is 13.2 Å². The lowest BCUT2D eigenvalue weighted by molar-refractivity contribution is 0.0946. The lowest BCUT2D eigenvalue weighted by atomic mass is 10.2. The molecular formula is C14H18N4O3S2. The maximum atomic E-state index is 11.9. The van der Waals surface area contributed by atoms with Gasteiger partial charge in [-0.1, -0.05) is 19.1 Å². The van der Waals surface area contributed by atoms with Crippen molar-refractivity contribution in [3.8, 4) is 0 Å². The van der Waals surface area contributed by atoms with Crippen molar-refractivity contribution in [2.75, 3.05) is 6.54 Å². The maximum absolute atomic E-state index is 11.9. The van der Waals surface area contributed by atoms with Crippen molar-refractivity contribution < 1.29 is 13.2 Å². The summed E-state index contributed by atoms with van der Waals surface area (Å²) in [6, 6.07) is 6.34. The van der Waals surface area contributed by atoms with Crippen LogP contribution in [0.5, 0.6) is 0 Å². The van der Waals surface area contributed by atoms with Crippen LogP contribution in [0.2, 0.25) is 0 Å². The summed E-state index contributed by atoms with van der Waals surface area (Å²) in [7, 11) is -3.46. The number of nitrogens with zero attached hydrogens (tertiary/aromatic N) is 1. The molecule has 1 aromatic heterocycles. The third-order valence-corrected chi connectivity index (χ3v) is 5.41. The topological polar surface area (TPSA) is 114 Å². The van der Waals surface area contributed by atoms with Gasteiger partial charge in [0.05, 0.1) is 4.90 Å². The highest BCUT2D eigenvalue weighted by molar-refractivity contribution is 7.89. The smallest absolute Gasteiger partial charge is 0.271 e. The summed E-state index contributed by atoms with van der Waals surface area (Å²) >= 11 is 1.34. The first-order valence-electron chi connectivity index (χ1n) is 6.97. The summed E-state index contributed by atoms with van der Waals surface area (Å²) in [5.74, 6) is -0.287. The molecule has 0 aliphatic carbocycles. The second-order valence-electron chi connectivity index (χ2n) is 4.66. The van der Waals surface area contributed by atoms with Crippen LogP contribution < -0.4 is 15.8 Å². The number of thiazole rings is 1. The van der Waals surface area contributed by atoms with E-state index in [2.05, 4.69) is 15.0 Å². The minimum absolute atomic E-state index is 0.196. The number of sulfonamides is 1. The van der Waals surface area contributed by atoms with E-state index in [4.69, 9.17) is 5.73 Å². The highest BCUT2D eigenvalue weighted by Gasteiger charge is 2.13. The Balaban J connectivity index is 1.97. The fourth-order valence-corrected chi connectivity index (χ4v) is 3.54. The maximum Gasteiger partial charge on any atom is 0.271 e. The van der Waals surface area contributed by atoms with Crippen molar-refractivity contribution in [2.24, 2.45) is 5.73 Å². The SMILES string of the molecule is CCNS(=O)(=O)c1ccc(CNC(=O)c2csc(CN)n2)cc1. The van der Waals surface area contributed by atoms with Gasteiger partial charge in [0, 0.05) is 25.0 Å². The summed E-state index contributed by atoms with van der Waals surface area (Å²) < 4.78 is 26.1. The first-order chi connectivity index (χ1) is 11.0. The van der Waals surface area contributed by atoms with Gasteiger partial charge in [0.2, 0.25) is 10.0 Å². The van der Waals surface area contributed by atoms with Crippen LogP contribution in [0.4, 0.5) is 0 Å². The van der Waals surface area contributed by atoms with Crippen LogP contribution in [-0.2, 0) is 23.1 Å². The number of hydrogen-bond donors (Lipinski definition) is 3. The molecule has 23 heavy (non-hydrogen) atoms. The molecule has 0 saturated heterocycles. The molecule has 0 unspecified atom stereocenters. The third kappa shape index (κ3) is 4.58. The second-order valence-corrected chi connectivity index (χ2v) is 7.37. The van der Waals surface area contributed by atoms with E-state index >= 15 is 0 Å². The minimum atomic E-state index is -3.46. The number of carbonyl (C=O) groups excluding carboxylic acids is 1. The van der Waals surface area contributed by atoms with Crippen LogP contribution in [0.3, 0.4) is 0 Å². The molecule has 0 aliphatic heterocycles. The molecule has 7 nitrogen and oxygen atoms in total. The summed E-state index contributed by atoms with van der Waals surface area (Å²) in [6.07, 6.45) is 0. The van der Waals surface area contributed by atoms with Crippen molar-refractivity contribution in [1.82, 2.24) is 15.0 Å². The second kappa shape index (κ2) is 7.64. The molecule has 0 bridgehead atoms. The van der Waals surface area contributed by atoms with E-state index in [1.807, 2.05) is 0 Å². The Morgan fingerprint density at radius 3 is 2.57 bits per heavy atom. The standard InChI is InChI=1S/C14H18N4O3S2/c1-2-17-23(20,21)11-5-3-10(4-6-11)8-16-14(19)12-9-22-13(7-15)18-12/h3-6,9,17H,2,7-8,15H2,1H3,(H,16,19). The fourth-order valence-electron chi connectivity index (χ4n) is 1.84. The first kappa shape index (κ1) is 17.5. The molecule has 0 spiro atoms. The summed E-state index contributed by atoms with van der Waals surface area (Å²) in [5.41, 5.74) is 6.59. The predicted molar refractivity (Wildman–Crippen MR) is 88.5 cm³/mol. The van der Waals surface area contributed by atoms with Crippen LogP contribution in [-0.4, -0.2) is 25.9 Å². The van der Waals surface area contributed by atoms with E-state index in [0.717, 1.165) is 5.56 Å². The lowest BCUT2D eigenvalue weighted by Crippen LogP contribution is -2.24. The molecule has 0 aliphatic rings. The summed E-state index contributed by atoms with van der Waals surface area (Å²) in [5, 5.41) is 5.09. The Kier molecular flexibility index (Phi) is 5.83. The number of benzene rings is 1. The number of nitrogens with one attached hydrogen (secondary N) is 2. The quantitative estimate of drug-likeness (QED) is 0.681. The van der Waals surface area contributed by atoms with Crippen molar-refractivity contribution in [1.29, 1.82) is 0 Å². The van der Waals surface area contributed by atoms with Crippen LogP contribution >= 0.6 is 11.3 Å². The van der Waals surface area contributed by atoms with E-state index < -0.39 is 10.0 Å². The van der Waals surface area contributed by atoms with Gasteiger partial charge in [-0.3, -0.25) is 4.79 Å². The molecule has 0 radical (unpaired) electrons. The highest BCUT2D eigenvalue weighted by Crippen LogP contribution is 2.11. The monoisotopic (exact) mass is 354 g/mol. The minimum Gasteiger partial charge on any atom is -0.347 e. The third-order valence-electron chi connectivity index (χ3n) is 2.98. The number of aromatic nitrogens is 1. The molecule has 2 aromatic rings. The highest BCUT2D eigenvalue weighted by atomic mass is 32.2. The molecule has 0 saturated carbocycles. The zero-order valence-electron chi connectivity index (χ0n) is 12.6. The molecule has 9 heteroatoms. The number of hydrogen-bond acceptors (Lipinski definition) is 6. The average molecular weight is 354 g/mol. The van der Waals surface area contributed by atoms with Crippen molar-refractivity contribution in [3.63, 3.8) is 0 Å². The van der Waals surface area contributed by atoms with Gasteiger partial charge < -0.3 is 11.1 Å². The number of nitrogens with two attached hydrogens (primary N) is 1. The molecule has 2 rings (SSSR count). The van der Waals surface area contributed by atoms with Gasteiger partial charge in [-0.05, 0) is 17.7 Å². The van der Waals surface area contributed by atoms with Crippen LogP contribution in [0.25, 0.3) is 0 Å². The Labute approximate surface area is 139 Å². The number of carbonyl (C=O) groups is 1. The van der Waals surface area contributed by atoms with Gasteiger partial charge in [-0.25, -0.2) is 18.1 Å². The van der Waals surface area contributed by atoms with Crippen LogP contribution in [0.15, 0.2) is 34.5 Å². The van der Waals surface area contributed by atoms with E-state index in [1.54, 1.807) is 24.4 Å². The van der Waals surface area contributed by atoms with Gasteiger partial charge in [-0.2, -0.15) is 0 Å². The zero-order valence-corrected chi connectivity index (χ0v) is 14.2. The van der Waals surface area contributed by atoms with Crippen LogP contribution in [0.1, 0.15) is 28.0 Å². The Morgan fingerprint density at radius 2 is 2.00 bits per heavy atom. The molecule has 1 amide bonds. The van der Waals surface area contributed by atoms with Crippen LogP contribution in [0, 0.1) is 0 Å². The predicted octanol–water partition coefficient (Wildman–Crippen LogP) is 0.830. The van der Waals surface area contributed by atoms with E-state index in [1.165, 1.54) is 23.5 Å². The molecule has 1 heterocycles. The lowest BCUT2D eigenvalue weighted by Gasteiger charge is -2.07. The molecular weight excluding hydrogens is 336 g/mol. The molecule has 1 aromatic carbocycles. The number of rotatable bonds is 7. The van der Waals surface area contributed by atoms with E-state index in [0.29, 0.717) is 23.8 Å². The van der Waals surface area contributed by atoms with Gasteiger partial charge in [0.15, 0.2) is 0 Å². The fraction of sp³-hybridized carbons (Fsp3) is 0.286. The molecule has 0 fully saturated rings. The molecule has 124 valence electrons.